The third-order valence-corrected chi connectivity index (χ3v) is 4.76. The number of hydrogen-bond donors (Lipinski definition) is 1. The summed E-state index contributed by atoms with van der Waals surface area (Å²) in [5, 5.41) is 8.08. The Morgan fingerprint density at radius 1 is 1.24 bits per heavy atom. The van der Waals surface area contributed by atoms with Crippen LogP contribution in [0.2, 0.25) is 0 Å². The molecule has 1 N–H and O–H groups in total. The molecule has 1 aromatic heterocycles. The number of esters is 1. The van der Waals surface area contributed by atoms with Crippen molar-refractivity contribution in [3.05, 3.63) is 54.3 Å². The van der Waals surface area contributed by atoms with Gasteiger partial charge in [-0.05, 0) is 18.4 Å². The SMILES string of the molecule is Cc1cc(NC(=O)COC(=O)[C@@H]2CC(=O)N(c3cccc4ccccc34)C2)no1. The van der Waals surface area contributed by atoms with Crippen molar-refractivity contribution in [2.24, 2.45) is 5.92 Å². The van der Waals surface area contributed by atoms with Crippen LogP contribution in [0.4, 0.5) is 11.5 Å². The summed E-state index contributed by atoms with van der Waals surface area (Å²) in [6, 6.07) is 15.0. The van der Waals surface area contributed by atoms with Crippen molar-refractivity contribution < 1.29 is 23.6 Å². The number of rotatable bonds is 5. The molecule has 1 aliphatic rings. The number of fused-ring (bicyclic) bond motifs is 1. The molecule has 0 radical (unpaired) electrons. The Morgan fingerprint density at radius 3 is 2.83 bits per heavy atom. The second-order valence-electron chi connectivity index (χ2n) is 6.88. The number of carbonyl (C=O) groups is 3. The molecule has 29 heavy (non-hydrogen) atoms. The van der Waals surface area contributed by atoms with Crippen molar-refractivity contribution in [3.8, 4) is 0 Å². The topological polar surface area (TPSA) is 102 Å². The molecule has 4 rings (SSSR count). The summed E-state index contributed by atoms with van der Waals surface area (Å²) >= 11 is 0. The highest BCUT2D eigenvalue weighted by atomic mass is 16.5. The minimum absolute atomic E-state index is 0.0478. The van der Waals surface area contributed by atoms with Gasteiger partial charge in [0.2, 0.25) is 5.91 Å². The quantitative estimate of drug-likeness (QED) is 0.669. The van der Waals surface area contributed by atoms with E-state index in [0.717, 1.165) is 16.5 Å². The second-order valence-corrected chi connectivity index (χ2v) is 6.88. The van der Waals surface area contributed by atoms with E-state index in [1.54, 1.807) is 17.9 Å². The van der Waals surface area contributed by atoms with E-state index in [0.29, 0.717) is 5.76 Å². The first-order chi connectivity index (χ1) is 14.0. The average Bonchev–Trinajstić information content (AvgIpc) is 3.31. The first-order valence-electron chi connectivity index (χ1n) is 9.19. The molecule has 0 bridgehead atoms. The molecular weight excluding hydrogens is 374 g/mol. The normalized spacial score (nSPS) is 16.2. The van der Waals surface area contributed by atoms with Crippen LogP contribution in [0, 0.1) is 12.8 Å². The molecule has 1 atom stereocenters. The smallest absolute Gasteiger partial charge is 0.311 e. The summed E-state index contributed by atoms with van der Waals surface area (Å²) in [5.41, 5.74) is 0.766. The van der Waals surface area contributed by atoms with Gasteiger partial charge in [0, 0.05) is 24.4 Å². The first-order valence-corrected chi connectivity index (χ1v) is 9.19. The zero-order valence-electron chi connectivity index (χ0n) is 15.8. The standard InChI is InChI=1S/C21H19N3O5/c1-13-9-18(23-29-13)22-19(25)12-28-21(27)15-10-20(26)24(11-15)17-8-4-6-14-5-2-3-7-16(14)17/h2-9,15H,10-12H2,1H3,(H,22,23,25)/t15-/m1/s1. The van der Waals surface area contributed by atoms with Gasteiger partial charge in [0.25, 0.3) is 5.91 Å². The minimum Gasteiger partial charge on any atom is -0.455 e. The maximum Gasteiger partial charge on any atom is 0.311 e. The van der Waals surface area contributed by atoms with Crippen molar-refractivity contribution in [3.63, 3.8) is 0 Å². The molecular formula is C21H19N3O5. The van der Waals surface area contributed by atoms with Crippen molar-refractivity contribution in [1.82, 2.24) is 5.16 Å². The van der Waals surface area contributed by atoms with Crippen LogP contribution < -0.4 is 10.2 Å². The zero-order chi connectivity index (χ0) is 20.4. The van der Waals surface area contributed by atoms with Crippen molar-refractivity contribution in [2.75, 3.05) is 23.4 Å². The molecule has 2 aromatic carbocycles. The molecule has 0 aliphatic carbocycles. The van der Waals surface area contributed by atoms with Gasteiger partial charge < -0.3 is 19.5 Å². The molecule has 3 aromatic rings. The van der Waals surface area contributed by atoms with E-state index >= 15 is 0 Å². The van der Waals surface area contributed by atoms with Gasteiger partial charge in [0.1, 0.15) is 5.76 Å². The van der Waals surface area contributed by atoms with E-state index in [-0.39, 0.29) is 24.7 Å². The fraction of sp³-hybridized carbons (Fsp3) is 0.238. The van der Waals surface area contributed by atoms with Gasteiger partial charge in [-0.2, -0.15) is 0 Å². The predicted molar refractivity (Wildman–Crippen MR) is 105 cm³/mol. The number of nitrogens with zero attached hydrogens (tertiary/aromatic N) is 2. The lowest BCUT2D eigenvalue weighted by atomic mass is 10.1. The Balaban J connectivity index is 1.38. The summed E-state index contributed by atoms with van der Waals surface area (Å²) in [7, 11) is 0. The van der Waals surface area contributed by atoms with Crippen molar-refractivity contribution in [1.29, 1.82) is 0 Å². The van der Waals surface area contributed by atoms with Crippen LogP contribution >= 0.6 is 0 Å². The number of ether oxygens (including phenoxy) is 1. The van der Waals surface area contributed by atoms with Crippen LogP contribution in [0.25, 0.3) is 10.8 Å². The predicted octanol–water partition coefficient (Wildman–Crippen LogP) is 2.67. The van der Waals surface area contributed by atoms with Crippen LogP contribution in [0.1, 0.15) is 12.2 Å². The van der Waals surface area contributed by atoms with Gasteiger partial charge in [0.05, 0.1) is 11.6 Å². The Hall–Kier alpha value is -3.68. The number of benzene rings is 2. The third kappa shape index (κ3) is 3.96. The number of carbonyl (C=O) groups excluding carboxylic acids is 3. The largest absolute Gasteiger partial charge is 0.455 e. The lowest BCUT2D eigenvalue weighted by Crippen LogP contribution is -2.28. The summed E-state index contributed by atoms with van der Waals surface area (Å²) in [4.78, 5) is 38.4. The maximum absolute atomic E-state index is 12.5. The van der Waals surface area contributed by atoms with Gasteiger partial charge in [0.15, 0.2) is 12.4 Å². The van der Waals surface area contributed by atoms with E-state index in [2.05, 4.69) is 10.5 Å². The first kappa shape index (κ1) is 18.7. The lowest BCUT2D eigenvalue weighted by Gasteiger charge is -2.18. The molecule has 148 valence electrons. The van der Waals surface area contributed by atoms with E-state index in [9.17, 15) is 14.4 Å². The van der Waals surface area contributed by atoms with Crippen LogP contribution in [0.15, 0.2) is 53.1 Å². The molecule has 2 heterocycles. The average molecular weight is 393 g/mol. The molecule has 0 spiro atoms. The fourth-order valence-electron chi connectivity index (χ4n) is 3.40. The van der Waals surface area contributed by atoms with Crippen molar-refractivity contribution >= 4 is 40.1 Å². The molecule has 8 heteroatoms. The number of aryl methyl sites for hydroxylation is 1. The van der Waals surface area contributed by atoms with Gasteiger partial charge >= 0.3 is 5.97 Å². The van der Waals surface area contributed by atoms with Crippen molar-refractivity contribution in [2.45, 2.75) is 13.3 Å². The van der Waals surface area contributed by atoms with Crippen LogP contribution in [0.3, 0.4) is 0 Å². The Kier molecular flexibility index (Phi) is 4.99. The van der Waals surface area contributed by atoms with Gasteiger partial charge in [-0.3, -0.25) is 14.4 Å². The summed E-state index contributed by atoms with van der Waals surface area (Å²) in [6.45, 7) is 1.46. The summed E-state index contributed by atoms with van der Waals surface area (Å²) < 4.78 is 9.95. The van der Waals surface area contributed by atoms with E-state index in [1.165, 1.54) is 0 Å². The Morgan fingerprint density at radius 2 is 2.03 bits per heavy atom. The van der Waals surface area contributed by atoms with Crippen LogP contribution in [-0.4, -0.2) is 36.1 Å². The molecule has 1 fully saturated rings. The highest BCUT2D eigenvalue weighted by Gasteiger charge is 2.36. The Bertz CT molecular complexity index is 1090. The Labute approximate surface area is 166 Å². The highest BCUT2D eigenvalue weighted by Crippen LogP contribution is 2.32. The third-order valence-electron chi connectivity index (χ3n) is 4.76. The van der Waals surface area contributed by atoms with E-state index in [4.69, 9.17) is 9.26 Å². The number of nitrogens with one attached hydrogen (secondary N) is 1. The lowest BCUT2D eigenvalue weighted by molar-refractivity contribution is -0.151. The minimum atomic E-state index is -0.622. The van der Waals surface area contributed by atoms with Gasteiger partial charge in [-0.25, -0.2) is 0 Å². The van der Waals surface area contributed by atoms with Crippen LogP contribution in [-0.2, 0) is 19.1 Å². The summed E-state index contributed by atoms with van der Waals surface area (Å²) in [5.74, 6) is -1.07. The molecule has 1 saturated heterocycles. The molecule has 1 aliphatic heterocycles. The second kappa shape index (κ2) is 7.75. The number of anilines is 2. The highest BCUT2D eigenvalue weighted by molar-refractivity contribution is 6.06. The number of amides is 2. The fourth-order valence-corrected chi connectivity index (χ4v) is 3.40. The van der Waals surface area contributed by atoms with E-state index in [1.807, 2.05) is 42.5 Å². The number of hydrogen-bond acceptors (Lipinski definition) is 6. The molecule has 0 saturated carbocycles. The molecule has 0 unspecified atom stereocenters. The zero-order valence-corrected chi connectivity index (χ0v) is 15.8. The monoisotopic (exact) mass is 393 g/mol. The van der Waals surface area contributed by atoms with Crippen LogP contribution in [0.5, 0.6) is 0 Å². The molecule has 2 amide bonds. The van der Waals surface area contributed by atoms with Gasteiger partial charge in [-0.15, -0.1) is 0 Å². The van der Waals surface area contributed by atoms with E-state index < -0.39 is 24.4 Å². The maximum atomic E-state index is 12.5. The van der Waals surface area contributed by atoms with Gasteiger partial charge in [-0.1, -0.05) is 41.6 Å². The molecule has 8 nitrogen and oxygen atoms in total. The summed E-state index contributed by atoms with van der Waals surface area (Å²) in [6.07, 6.45) is 0.0478. The number of aromatic nitrogens is 1.